The van der Waals surface area contributed by atoms with E-state index in [2.05, 4.69) is 10.3 Å². The molecule has 0 amide bonds. The normalized spacial score (nSPS) is 12.9. The average Bonchev–Trinajstić information content (AvgIpc) is 2.40. The highest BCUT2D eigenvalue weighted by Crippen LogP contribution is 2.21. The van der Waals surface area contributed by atoms with Crippen LogP contribution in [0, 0.1) is 6.92 Å². The van der Waals surface area contributed by atoms with Crippen molar-refractivity contribution in [3.63, 3.8) is 0 Å². The van der Waals surface area contributed by atoms with Crippen LogP contribution in [0.5, 0.6) is 0 Å². The summed E-state index contributed by atoms with van der Waals surface area (Å²) in [5.74, 6) is 0. The van der Waals surface area contributed by atoms with Crippen LogP contribution in [0.4, 0.5) is 5.69 Å². The Bertz CT molecular complexity index is 697. The predicted molar refractivity (Wildman–Crippen MR) is 78.8 cm³/mol. The molecular formula is C14H17N3O2S. The van der Waals surface area contributed by atoms with Crippen LogP contribution in [0.25, 0.3) is 0 Å². The Labute approximate surface area is 118 Å². The van der Waals surface area contributed by atoms with Crippen LogP contribution in [0.15, 0.2) is 47.5 Å². The minimum absolute atomic E-state index is 0.0347. The van der Waals surface area contributed by atoms with Gasteiger partial charge in [0.1, 0.15) is 0 Å². The SMILES string of the molecule is Cc1ncccc1NC(C)c1ccc(S(N)(=O)=O)cc1. The maximum Gasteiger partial charge on any atom is 0.238 e. The molecule has 0 bridgehead atoms. The summed E-state index contributed by atoms with van der Waals surface area (Å²) in [6, 6.07) is 10.4. The second-order valence-corrected chi connectivity index (χ2v) is 6.18. The van der Waals surface area contributed by atoms with Gasteiger partial charge < -0.3 is 5.32 Å². The van der Waals surface area contributed by atoms with E-state index in [9.17, 15) is 8.42 Å². The number of hydrogen-bond donors (Lipinski definition) is 2. The van der Waals surface area contributed by atoms with Gasteiger partial charge in [-0.15, -0.1) is 0 Å². The van der Waals surface area contributed by atoms with Crippen LogP contribution in [0.1, 0.15) is 24.2 Å². The van der Waals surface area contributed by atoms with E-state index in [-0.39, 0.29) is 10.9 Å². The van der Waals surface area contributed by atoms with Crippen molar-refractivity contribution in [2.75, 3.05) is 5.32 Å². The van der Waals surface area contributed by atoms with Crippen molar-refractivity contribution in [3.05, 3.63) is 53.9 Å². The number of anilines is 1. The summed E-state index contributed by atoms with van der Waals surface area (Å²) in [7, 11) is -3.64. The molecule has 20 heavy (non-hydrogen) atoms. The highest BCUT2D eigenvalue weighted by atomic mass is 32.2. The topological polar surface area (TPSA) is 85.1 Å². The summed E-state index contributed by atoms with van der Waals surface area (Å²) in [4.78, 5) is 4.33. The molecule has 1 unspecified atom stereocenters. The van der Waals surface area contributed by atoms with Gasteiger partial charge in [-0.2, -0.15) is 0 Å². The number of benzene rings is 1. The number of pyridine rings is 1. The molecule has 6 heteroatoms. The van der Waals surface area contributed by atoms with E-state index >= 15 is 0 Å². The van der Waals surface area contributed by atoms with Gasteiger partial charge in [-0.3, -0.25) is 4.98 Å². The number of hydrogen-bond acceptors (Lipinski definition) is 4. The highest BCUT2D eigenvalue weighted by molar-refractivity contribution is 7.89. The number of sulfonamides is 1. The fourth-order valence-electron chi connectivity index (χ4n) is 1.90. The smallest absolute Gasteiger partial charge is 0.238 e. The molecule has 1 atom stereocenters. The zero-order chi connectivity index (χ0) is 14.8. The molecule has 2 rings (SSSR count). The van der Waals surface area contributed by atoms with Gasteiger partial charge in [-0.25, -0.2) is 13.6 Å². The van der Waals surface area contributed by atoms with Gasteiger partial charge in [-0.1, -0.05) is 12.1 Å². The zero-order valence-corrected chi connectivity index (χ0v) is 12.2. The highest BCUT2D eigenvalue weighted by Gasteiger charge is 2.10. The molecule has 0 fully saturated rings. The molecule has 0 radical (unpaired) electrons. The van der Waals surface area contributed by atoms with Crippen molar-refractivity contribution in [3.8, 4) is 0 Å². The Morgan fingerprint density at radius 3 is 2.40 bits per heavy atom. The molecule has 0 spiro atoms. The fourth-order valence-corrected chi connectivity index (χ4v) is 2.42. The van der Waals surface area contributed by atoms with E-state index in [1.54, 1.807) is 18.3 Å². The molecule has 1 heterocycles. The summed E-state index contributed by atoms with van der Waals surface area (Å²) in [5, 5.41) is 8.42. The molecule has 106 valence electrons. The number of nitrogens with two attached hydrogens (primary N) is 1. The first kappa shape index (κ1) is 14.5. The first-order chi connectivity index (χ1) is 9.38. The Morgan fingerprint density at radius 1 is 1.20 bits per heavy atom. The van der Waals surface area contributed by atoms with Crippen LogP contribution < -0.4 is 10.5 Å². The molecule has 3 N–H and O–H groups in total. The van der Waals surface area contributed by atoms with Crippen LogP contribution >= 0.6 is 0 Å². The molecule has 0 aliphatic rings. The summed E-state index contributed by atoms with van der Waals surface area (Å²) < 4.78 is 22.4. The number of nitrogens with one attached hydrogen (secondary N) is 1. The molecule has 0 saturated heterocycles. The van der Waals surface area contributed by atoms with Crippen molar-refractivity contribution >= 4 is 15.7 Å². The van der Waals surface area contributed by atoms with Crippen LogP contribution in [0.2, 0.25) is 0 Å². The first-order valence-corrected chi connectivity index (χ1v) is 7.73. The van der Waals surface area contributed by atoms with Crippen molar-refractivity contribution in [1.29, 1.82) is 0 Å². The van der Waals surface area contributed by atoms with Crippen molar-refractivity contribution in [1.82, 2.24) is 4.98 Å². The van der Waals surface area contributed by atoms with Crippen LogP contribution in [-0.4, -0.2) is 13.4 Å². The Balaban J connectivity index is 2.18. The minimum atomic E-state index is -3.64. The van der Waals surface area contributed by atoms with Gasteiger partial charge in [0.05, 0.1) is 16.3 Å². The quantitative estimate of drug-likeness (QED) is 0.904. The number of primary sulfonamides is 1. The maximum atomic E-state index is 11.2. The van der Waals surface area contributed by atoms with Crippen LogP contribution in [0.3, 0.4) is 0 Å². The van der Waals surface area contributed by atoms with Gasteiger partial charge in [-0.05, 0) is 43.7 Å². The molecule has 5 nitrogen and oxygen atoms in total. The molecule has 2 aromatic rings. The lowest BCUT2D eigenvalue weighted by molar-refractivity contribution is 0.597. The molecule has 0 saturated carbocycles. The van der Waals surface area contributed by atoms with E-state index in [1.807, 2.05) is 26.0 Å². The number of aromatic nitrogens is 1. The minimum Gasteiger partial charge on any atom is -0.377 e. The lowest BCUT2D eigenvalue weighted by atomic mass is 10.1. The van der Waals surface area contributed by atoms with Crippen molar-refractivity contribution in [2.24, 2.45) is 5.14 Å². The van der Waals surface area contributed by atoms with E-state index in [4.69, 9.17) is 5.14 Å². The first-order valence-electron chi connectivity index (χ1n) is 6.19. The summed E-state index contributed by atoms with van der Waals surface area (Å²) in [6.45, 7) is 3.93. The third-order valence-electron chi connectivity index (χ3n) is 3.09. The summed E-state index contributed by atoms with van der Waals surface area (Å²) in [6.07, 6.45) is 1.74. The molecule has 0 aliphatic carbocycles. The van der Waals surface area contributed by atoms with Gasteiger partial charge in [0.25, 0.3) is 0 Å². The van der Waals surface area contributed by atoms with Crippen LogP contribution in [-0.2, 0) is 10.0 Å². The standard InChI is InChI=1S/C14H17N3O2S/c1-10(17-14-4-3-9-16-11(14)2)12-5-7-13(8-6-12)20(15,18)19/h3-10,17H,1-2H3,(H2,15,18,19). The molecular weight excluding hydrogens is 274 g/mol. The Kier molecular flexibility index (Phi) is 4.06. The van der Waals surface area contributed by atoms with Crippen molar-refractivity contribution < 1.29 is 8.42 Å². The molecule has 1 aromatic carbocycles. The largest absolute Gasteiger partial charge is 0.377 e. The zero-order valence-electron chi connectivity index (χ0n) is 11.4. The van der Waals surface area contributed by atoms with Crippen molar-refractivity contribution in [2.45, 2.75) is 24.8 Å². The number of rotatable bonds is 4. The molecule has 1 aromatic heterocycles. The maximum absolute atomic E-state index is 11.2. The number of nitrogens with zero attached hydrogens (tertiary/aromatic N) is 1. The van der Waals surface area contributed by atoms with Gasteiger partial charge in [0.15, 0.2) is 0 Å². The number of aryl methyl sites for hydroxylation is 1. The van der Waals surface area contributed by atoms with E-state index in [0.717, 1.165) is 16.9 Å². The summed E-state index contributed by atoms with van der Waals surface area (Å²) >= 11 is 0. The lowest BCUT2D eigenvalue weighted by Gasteiger charge is -2.17. The lowest BCUT2D eigenvalue weighted by Crippen LogP contribution is -2.13. The average molecular weight is 291 g/mol. The molecule has 0 aliphatic heterocycles. The van der Waals surface area contributed by atoms with E-state index < -0.39 is 10.0 Å². The second-order valence-electron chi connectivity index (χ2n) is 4.62. The van der Waals surface area contributed by atoms with Gasteiger partial charge in [0.2, 0.25) is 10.0 Å². The monoisotopic (exact) mass is 291 g/mol. The summed E-state index contributed by atoms with van der Waals surface area (Å²) in [5.41, 5.74) is 2.84. The third kappa shape index (κ3) is 3.34. The van der Waals surface area contributed by atoms with E-state index in [1.165, 1.54) is 12.1 Å². The second kappa shape index (κ2) is 5.60. The van der Waals surface area contributed by atoms with Gasteiger partial charge in [0, 0.05) is 12.2 Å². The predicted octanol–water partition coefficient (Wildman–Crippen LogP) is 2.21. The third-order valence-corrected chi connectivity index (χ3v) is 4.02. The Hall–Kier alpha value is -1.92. The van der Waals surface area contributed by atoms with Gasteiger partial charge >= 0.3 is 0 Å². The Morgan fingerprint density at radius 2 is 1.85 bits per heavy atom. The van der Waals surface area contributed by atoms with E-state index in [0.29, 0.717) is 0 Å². The fraction of sp³-hybridized carbons (Fsp3) is 0.214.